The Balaban J connectivity index is 2.15. The van der Waals surface area contributed by atoms with E-state index in [2.05, 4.69) is 16.0 Å². The van der Waals surface area contributed by atoms with E-state index in [0.717, 1.165) is 25.6 Å². The van der Waals surface area contributed by atoms with E-state index in [4.69, 9.17) is 0 Å². The molecule has 0 aromatic heterocycles. The summed E-state index contributed by atoms with van der Waals surface area (Å²) in [5, 5.41) is 9.23. The van der Waals surface area contributed by atoms with Crippen LogP contribution in [0.2, 0.25) is 0 Å². The third kappa shape index (κ3) is 3.64. The summed E-state index contributed by atoms with van der Waals surface area (Å²) in [5.41, 5.74) is 0. The van der Waals surface area contributed by atoms with Crippen LogP contribution in [0.25, 0.3) is 0 Å². The van der Waals surface area contributed by atoms with Gasteiger partial charge in [0.05, 0.1) is 6.04 Å². The summed E-state index contributed by atoms with van der Waals surface area (Å²) in [6, 6.07) is -0.0742. The fourth-order valence-electron chi connectivity index (χ4n) is 1.74. The normalized spacial score (nSPS) is 20.4. The minimum absolute atomic E-state index is 0.0685. The predicted molar refractivity (Wildman–Crippen MR) is 57.1 cm³/mol. The molecule has 0 spiro atoms. The van der Waals surface area contributed by atoms with Crippen LogP contribution in [-0.4, -0.2) is 38.6 Å². The summed E-state index contributed by atoms with van der Waals surface area (Å²) >= 11 is 0. The lowest BCUT2D eigenvalue weighted by Crippen LogP contribution is -2.44. The molecule has 0 saturated carbocycles. The number of amides is 1. The first-order valence-corrected chi connectivity index (χ1v) is 5.39. The number of piperidine rings is 1. The van der Waals surface area contributed by atoms with Gasteiger partial charge in [0.15, 0.2) is 0 Å². The van der Waals surface area contributed by atoms with Crippen LogP contribution in [-0.2, 0) is 4.79 Å². The van der Waals surface area contributed by atoms with Gasteiger partial charge in [-0.1, -0.05) is 0 Å². The van der Waals surface area contributed by atoms with Gasteiger partial charge in [-0.15, -0.1) is 0 Å². The Hall–Kier alpha value is -0.610. The molecule has 1 heterocycles. The third-order valence-corrected chi connectivity index (χ3v) is 2.81. The average Bonchev–Trinajstić information content (AvgIpc) is 2.26. The number of rotatable bonds is 4. The highest BCUT2D eigenvalue weighted by molar-refractivity contribution is 5.80. The van der Waals surface area contributed by atoms with Gasteiger partial charge in [0.25, 0.3) is 0 Å². The first kappa shape index (κ1) is 11.5. The molecule has 1 aliphatic heterocycles. The second-order valence-corrected chi connectivity index (χ2v) is 3.94. The zero-order chi connectivity index (χ0) is 10.4. The van der Waals surface area contributed by atoms with E-state index in [0.29, 0.717) is 0 Å². The molecule has 3 N–H and O–H groups in total. The Kier molecular flexibility index (Phi) is 4.90. The molecule has 0 aromatic carbocycles. The van der Waals surface area contributed by atoms with Crippen molar-refractivity contribution in [3.05, 3.63) is 0 Å². The molecule has 4 nitrogen and oxygen atoms in total. The topological polar surface area (TPSA) is 53.2 Å². The Bertz CT molecular complexity index is 178. The van der Waals surface area contributed by atoms with Crippen molar-refractivity contribution in [2.24, 2.45) is 5.92 Å². The van der Waals surface area contributed by atoms with Crippen molar-refractivity contribution in [2.45, 2.75) is 25.8 Å². The van der Waals surface area contributed by atoms with Crippen molar-refractivity contribution in [3.63, 3.8) is 0 Å². The maximum Gasteiger partial charge on any atom is 0.236 e. The molecule has 1 saturated heterocycles. The highest BCUT2D eigenvalue weighted by Crippen LogP contribution is 2.09. The molecule has 0 radical (unpaired) electrons. The molecule has 4 heteroatoms. The first-order chi connectivity index (χ1) is 6.74. The molecule has 1 atom stereocenters. The predicted octanol–water partition coefficient (Wildman–Crippen LogP) is -0.290. The number of nitrogens with one attached hydrogen (secondary N) is 3. The molecule has 82 valence electrons. The summed E-state index contributed by atoms with van der Waals surface area (Å²) < 4.78 is 0. The second kappa shape index (κ2) is 5.98. The van der Waals surface area contributed by atoms with Crippen LogP contribution >= 0.6 is 0 Å². The molecule has 1 aliphatic rings. The van der Waals surface area contributed by atoms with Crippen LogP contribution in [0.1, 0.15) is 19.8 Å². The smallest absolute Gasteiger partial charge is 0.236 e. The molecular formula is C10H21N3O. The van der Waals surface area contributed by atoms with Crippen LogP contribution < -0.4 is 16.0 Å². The summed E-state index contributed by atoms with van der Waals surface area (Å²) in [5.74, 6) is 0.794. The molecule has 1 amide bonds. The van der Waals surface area contributed by atoms with Gasteiger partial charge in [0.1, 0.15) is 0 Å². The number of likely N-dealkylation sites (N-methyl/N-ethyl adjacent to an activating group) is 1. The van der Waals surface area contributed by atoms with E-state index in [1.54, 1.807) is 7.05 Å². The minimum Gasteiger partial charge on any atom is -0.358 e. The fraction of sp³-hybridized carbons (Fsp3) is 0.900. The van der Waals surface area contributed by atoms with Crippen LogP contribution in [0, 0.1) is 5.92 Å². The Labute approximate surface area is 85.8 Å². The molecule has 1 unspecified atom stereocenters. The van der Waals surface area contributed by atoms with E-state index in [-0.39, 0.29) is 11.9 Å². The van der Waals surface area contributed by atoms with Gasteiger partial charge >= 0.3 is 0 Å². The van der Waals surface area contributed by atoms with Crippen molar-refractivity contribution in [3.8, 4) is 0 Å². The molecule has 0 aliphatic carbocycles. The van der Waals surface area contributed by atoms with Gasteiger partial charge in [-0.3, -0.25) is 4.79 Å². The quantitative estimate of drug-likeness (QED) is 0.583. The highest BCUT2D eigenvalue weighted by atomic mass is 16.2. The van der Waals surface area contributed by atoms with Gasteiger partial charge < -0.3 is 16.0 Å². The Morgan fingerprint density at radius 3 is 2.71 bits per heavy atom. The molecule has 1 rings (SSSR count). The molecule has 0 aromatic rings. The molecule has 14 heavy (non-hydrogen) atoms. The number of hydrogen-bond donors (Lipinski definition) is 3. The Morgan fingerprint density at radius 2 is 2.14 bits per heavy atom. The minimum atomic E-state index is -0.0742. The first-order valence-electron chi connectivity index (χ1n) is 5.39. The highest BCUT2D eigenvalue weighted by Gasteiger charge is 2.15. The Morgan fingerprint density at radius 1 is 1.50 bits per heavy atom. The van der Waals surface area contributed by atoms with Crippen LogP contribution in [0.5, 0.6) is 0 Å². The monoisotopic (exact) mass is 199 g/mol. The van der Waals surface area contributed by atoms with Crippen molar-refractivity contribution >= 4 is 5.91 Å². The molecule has 0 bridgehead atoms. The number of hydrogen-bond acceptors (Lipinski definition) is 3. The van der Waals surface area contributed by atoms with Gasteiger partial charge in [-0.25, -0.2) is 0 Å². The number of carbonyl (C=O) groups excluding carboxylic acids is 1. The van der Waals surface area contributed by atoms with Gasteiger partial charge in [-0.05, 0) is 45.3 Å². The van der Waals surface area contributed by atoms with E-state index in [9.17, 15) is 4.79 Å². The largest absolute Gasteiger partial charge is 0.358 e. The maximum absolute atomic E-state index is 11.2. The van der Waals surface area contributed by atoms with Gasteiger partial charge in [-0.2, -0.15) is 0 Å². The summed E-state index contributed by atoms with van der Waals surface area (Å²) in [7, 11) is 1.67. The van der Waals surface area contributed by atoms with Crippen LogP contribution in [0.15, 0.2) is 0 Å². The molecule has 1 fully saturated rings. The van der Waals surface area contributed by atoms with Gasteiger partial charge in [0, 0.05) is 7.05 Å². The van der Waals surface area contributed by atoms with Crippen LogP contribution in [0.3, 0.4) is 0 Å². The zero-order valence-electron chi connectivity index (χ0n) is 9.10. The van der Waals surface area contributed by atoms with Gasteiger partial charge in [0.2, 0.25) is 5.91 Å². The zero-order valence-corrected chi connectivity index (χ0v) is 9.10. The lowest BCUT2D eigenvalue weighted by atomic mass is 9.98. The maximum atomic E-state index is 11.2. The fourth-order valence-corrected chi connectivity index (χ4v) is 1.74. The van der Waals surface area contributed by atoms with Crippen molar-refractivity contribution in [2.75, 3.05) is 26.7 Å². The standard InChI is InChI=1S/C10H21N3O/c1-8(10(14)11-2)13-7-9-3-5-12-6-4-9/h8-9,12-13H,3-7H2,1-2H3,(H,11,14). The number of carbonyl (C=O) groups is 1. The van der Waals surface area contributed by atoms with E-state index in [1.807, 2.05) is 6.92 Å². The van der Waals surface area contributed by atoms with E-state index < -0.39 is 0 Å². The van der Waals surface area contributed by atoms with Crippen molar-refractivity contribution < 1.29 is 4.79 Å². The summed E-state index contributed by atoms with van der Waals surface area (Å²) in [4.78, 5) is 11.2. The lowest BCUT2D eigenvalue weighted by Gasteiger charge is -2.24. The lowest BCUT2D eigenvalue weighted by molar-refractivity contribution is -0.122. The average molecular weight is 199 g/mol. The van der Waals surface area contributed by atoms with Crippen molar-refractivity contribution in [1.29, 1.82) is 0 Å². The van der Waals surface area contributed by atoms with Crippen LogP contribution in [0.4, 0.5) is 0 Å². The third-order valence-electron chi connectivity index (χ3n) is 2.81. The van der Waals surface area contributed by atoms with Crippen molar-refractivity contribution in [1.82, 2.24) is 16.0 Å². The van der Waals surface area contributed by atoms with E-state index in [1.165, 1.54) is 12.8 Å². The van der Waals surface area contributed by atoms with E-state index >= 15 is 0 Å². The second-order valence-electron chi connectivity index (χ2n) is 3.94. The summed E-state index contributed by atoms with van der Waals surface area (Å²) in [6.45, 7) is 5.08. The SMILES string of the molecule is CNC(=O)C(C)NCC1CCNCC1. The summed E-state index contributed by atoms with van der Waals surface area (Å²) in [6.07, 6.45) is 2.43. The molecular weight excluding hydrogens is 178 g/mol.